The number of amides is 4. The molecular formula is C32H48N6O15S2. The third-order valence-electron chi connectivity index (χ3n) is 9.21. The van der Waals surface area contributed by atoms with Gasteiger partial charge < -0.3 is 79.7 Å². The van der Waals surface area contributed by atoms with E-state index >= 15 is 0 Å². The maximum Gasteiger partial charge on any atom is 0.335 e. The average molecular weight is 821 g/mol. The van der Waals surface area contributed by atoms with Crippen LogP contribution in [0.4, 0.5) is 0 Å². The standard InChI is InChI=1S/C32H36N6O9S2.6H2O/c1-31(2)21(29(44)45)37-25(42)19(27(37)48-31)35-24(41)18(34)14-7-11-16(12-8-14)47-30(46)22-32(3,4)49-28-20(26(43)38(22)28)36-23(40)17(33)13-5-9-15(39)10-6-13;;;;;;/h5-12,17-22,27-28,39H,33-34H2,1-4H3,(H,35,41)(H,36,40)(H,44,45);6*1H2/t17?,18?,19-,20-,21+,22+,27-,28-;;;;;;/m1....../s1. The Morgan fingerprint density at radius 1 is 0.691 bits per heavy atom. The van der Waals surface area contributed by atoms with Gasteiger partial charge in [0.2, 0.25) is 23.6 Å². The number of hydrogen-bond donors (Lipinski definition) is 6. The Hall–Kier alpha value is -4.56. The van der Waals surface area contributed by atoms with Gasteiger partial charge in [-0.05, 0) is 63.1 Å². The normalized spacial score (nSPS) is 25.6. The second-order valence-electron chi connectivity index (χ2n) is 13.4. The predicted molar refractivity (Wildman–Crippen MR) is 199 cm³/mol. The largest absolute Gasteiger partial charge is 0.508 e. The van der Waals surface area contributed by atoms with Crippen LogP contribution < -0.4 is 26.8 Å². The minimum atomic E-state index is -1.17. The van der Waals surface area contributed by atoms with Crippen LogP contribution in [0.25, 0.3) is 0 Å². The second kappa shape index (κ2) is 17.9. The minimum Gasteiger partial charge on any atom is -0.508 e. The number of carboxylic acids is 1. The molecule has 4 aliphatic rings. The van der Waals surface area contributed by atoms with Crippen molar-refractivity contribution in [2.24, 2.45) is 11.5 Å². The molecule has 4 aliphatic heterocycles. The molecule has 8 atom stereocenters. The summed E-state index contributed by atoms with van der Waals surface area (Å²) < 4.78 is 4.14. The molecule has 6 rings (SSSR count). The average Bonchev–Trinajstić information content (AvgIpc) is 3.46. The van der Waals surface area contributed by atoms with Crippen LogP contribution in [0.3, 0.4) is 0 Å². The molecule has 20 N–H and O–H groups in total. The molecule has 0 spiro atoms. The number of hydrogen-bond acceptors (Lipinski definition) is 12. The van der Waals surface area contributed by atoms with Gasteiger partial charge in [-0.2, -0.15) is 0 Å². The van der Waals surface area contributed by atoms with Gasteiger partial charge in [0.25, 0.3) is 0 Å². The fourth-order valence-electron chi connectivity index (χ4n) is 6.66. The Kier molecular flexibility index (Phi) is 16.4. The number of aliphatic carboxylic acids is 1. The molecule has 308 valence electrons. The van der Waals surface area contributed by atoms with Gasteiger partial charge in [0.1, 0.15) is 58.5 Å². The van der Waals surface area contributed by atoms with E-state index in [9.17, 15) is 39.0 Å². The highest BCUT2D eigenvalue weighted by Crippen LogP contribution is 2.52. The zero-order chi connectivity index (χ0) is 35.7. The predicted octanol–water partition coefficient (Wildman–Crippen LogP) is -4.77. The van der Waals surface area contributed by atoms with E-state index in [1.165, 1.54) is 81.9 Å². The minimum absolute atomic E-state index is 0. The van der Waals surface area contributed by atoms with Crippen molar-refractivity contribution in [1.82, 2.24) is 20.4 Å². The van der Waals surface area contributed by atoms with Crippen molar-refractivity contribution in [3.05, 3.63) is 59.7 Å². The molecule has 0 saturated carbocycles. The molecule has 2 aromatic carbocycles. The van der Waals surface area contributed by atoms with Crippen molar-refractivity contribution in [2.45, 2.75) is 84.2 Å². The number of nitrogens with zero attached hydrogens (tertiary/aromatic N) is 2. The lowest BCUT2D eigenvalue weighted by molar-refractivity contribution is -0.161. The number of rotatable bonds is 9. The number of carbonyl (C=O) groups is 6. The van der Waals surface area contributed by atoms with Crippen molar-refractivity contribution in [2.75, 3.05) is 0 Å². The monoisotopic (exact) mass is 820 g/mol. The zero-order valence-electron chi connectivity index (χ0n) is 29.9. The van der Waals surface area contributed by atoms with E-state index in [1.54, 1.807) is 27.7 Å². The van der Waals surface area contributed by atoms with Gasteiger partial charge in [0, 0.05) is 9.49 Å². The first kappa shape index (κ1) is 50.4. The summed E-state index contributed by atoms with van der Waals surface area (Å²) >= 11 is 2.66. The summed E-state index contributed by atoms with van der Waals surface area (Å²) in [6.45, 7) is 7.08. The van der Waals surface area contributed by atoms with E-state index in [2.05, 4.69) is 10.6 Å². The van der Waals surface area contributed by atoms with Gasteiger partial charge in [0.05, 0.1) is 0 Å². The molecule has 0 bridgehead atoms. The molecule has 0 aliphatic carbocycles. The van der Waals surface area contributed by atoms with Gasteiger partial charge in [0.15, 0.2) is 0 Å². The van der Waals surface area contributed by atoms with E-state index in [4.69, 9.17) is 16.2 Å². The molecule has 21 nitrogen and oxygen atoms in total. The first-order chi connectivity index (χ1) is 22.9. The van der Waals surface area contributed by atoms with Crippen molar-refractivity contribution in [3.63, 3.8) is 0 Å². The Balaban J connectivity index is 0.00000486. The Morgan fingerprint density at radius 2 is 1.05 bits per heavy atom. The molecule has 2 unspecified atom stereocenters. The number of esters is 1. The number of carboxylic acid groups (broad SMARTS) is 1. The maximum atomic E-state index is 13.4. The zero-order valence-corrected chi connectivity index (χ0v) is 31.5. The summed E-state index contributed by atoms with van der Waals surface area (Å²) in [5.41, 5.74) is 13.1. The third-order valence-corrected chi connectivity index (χ3v) is 12.4. The van der Waals surface area contributed by atoms with Crippen LogP contribution in [-0.4, -0.2) is 133 Å². The van der Waals surface area contributed by atoms with Crippen LogP contribution in [0, 0.1) is 0 Å². The first-order valence-corrected chi connectivity index (χ1v) is 17.1. The lowest BCUT2D eigenvalue weighted by Crippen LogP contribution is -2.71. The first-order valence-electron chi connectivity index (χ1n) is 15.4. The van der Waals surface area contributed by atoms with E-state index in [0.717, 1.165) is 0 Å². The smallest absolute Gasteiger partial charge is 0.335 e. The van der Waals surface area contributed by atoms with Gasteiger partial charge in [-0.25, -0.2) is 9.59 Å². The van der Waals surface area contributed by atoms with Crippen molar-refractivity contribution in [3.8, 4) is 11.5 Å². The summed E-state index contributed by atoms with van der Waals surface area (Å²) in [5, 5.41) is 23.4. The number of phenolic OH excluding ortho intramolecular Hbond substituents is 1. The number of carbonyl (C=O) groups excluding carboxylic acids is 5. The van der Waals surface area contributed by atoms with Crippen LogP contribution in [-0.2, 0) is 28.8 Å². The highest BCUT2D eigenvalue weighted by molar-refractivity contribution is 8.02. The van der Waals surface area contributed by atoms with Crippen LogP contribution >= 0.6 is 23.5 Å². The van der Waals surface area contributed by atoms with Crippen molar-refractivity contribution < 1.29 is 76.6 Å². The summed E-state index contributed by atoms with van der Waals surface area (Å²) in [6.07, 6.45) is 0. The molecule has 4 amide bonds. The highest BCUT2D eigenvalue weighted by atomic mass is 32.2. The number of ether oxygens (including phenoxy) is 1. The number of fused-ring (bicyclic) bond motifs is 2. The SMILES string of the molecule is CC1(C)S[C@@H]2[C@H](NC(=O)C(N)c3ccc(OC(=O)[C@@H]4N5C(=O)[C@@H](NC(=O)C(N)c6ccc(O)cc6)[C@H]5SC4(C)C)cc3)C(=O)N2[C@H]1C(=O)O.O.O.O.O.O.O. The van der Waals surface area contributed by atoms with E-state index in [0.29, 0.717) is 11.1 Å². The Labute approximate surface area is 322 Å². The number of aromatic hydroxyl groups is 1. The topological polar surface area (TPSA) is 424 Å². The molecule has 4 saturated heterocycles. The third kappa shape index (κ3) is 8.65. The summed E-state index contributed by atoms with van der Waals surface area (Å²) in [6, 6.07) is 5.78. The van der Waals surface area contributed by atoms with Gasteiger partial charge >= 0.3 is 11.9 Å². The Morgan fingerprint density at radius 3 is 1.45 bits per heavy atom. The van der Waals surface area contributed by atoms with Crippen LogP contribution in [0.5, 0.6) is 11.5 Å². The lowest BCUT2D eigenvalue weighted by Gasteiger charge is -2.44. The van der Waals surface area contributed by atoms with E-state index in [1.807, 2.05) is 0 Å². The highest BCUT2D eigenvalue weighted by Gasteiger charge is 2.65. The van der Waals surface area contributed by atoms with E-state index < -0.39 is 92.1 Å². The number of phenols is 1. The maximum absolute atomic E-state index is 13.4. The fraction of sp³-hybridized carbons (Fsp3) is 0.438. The molecular weight excluding hydrogens is 773 g/mol. The van der Waals surface area contributed by atoms with Gasteiger partial charge in [-0.15, -0.1) is 23.5 Å². The van der Waals surface area contributed by atoms with Crippen LogP contribution in [0.15, 0.2) is 48.5 Å². The molecule has 55 heavy (non-hydrogen) atoms. The fourth-order valence-corrected chi connectivity index (χ4v) is 9.90. The number of nitrogens with two attached hydrogens (primary N) is 2. The molecule has 0 radical (unpaired) electrons. The summed E-state index contributed by atoms with van der Waals surface area (Å²) in [4.78, 5) is 79.6. The summed E-state index contributed by atoms with van der Waals surface area (Å²) in [5.74, 6) is -3.75. The van der Waals surface area contributed by atoms with E-state index in [-0.39, 0.29) is 44.4 Å². The number of thioether (sulfide) groups is 2. The van der Waals surface area contributed by atoms with Gasteiger partial charge in [-0.1, -0.05) is 24.3 Å². The number of β-lactam (4-membered cyclic amide) rings is 2. The molecule has 2 aromatic rings. The van der Waals surface area contributed by atoms with Gasteiger partial charge in [-0.3, -0.25) is 19.2 Å². The van der Waals surface area contributed by atoms with Crippen molar-refractivity contribution in [1.29, 1.82) is 0 Å². The molecule has 4 heterocycles. The second-order valence-corrected chi connectivity index (χ2v) is 16.9. The van der Waals surface area contributed by atoms with Crippen molar-refractivity contribution >= 4 is 59.1 Å². The molecule has 4 fully saturated rings. The summed E-state index contributed by atoms with van der Waals surface area (Å²) in [7, 11) is 0. The Bertz CT molecular complexity index is 1750. The lowest BCUT2D eigenvalue weighted by atomic mass is 9.95. The number of nitrogens with one attached hydrogen (secondary N) is 2. The molecule has 0 aromatic heterocycles. The molecule has 23 heteroatoms. The van der Waals surface area contributed by atoms with Crippen LogP contribution in [0.1, 0.15) is 50.9 Å². The van der Waals surface area contributed by atoms with Crippen LogP contribution in [0.2, 0.25) is 0 Å². The quantitative estimate of drug-likeness (QED) is 0.0787. The number of benzene rings is 2.